The molecule has 24 heavy (non-hydrogen) atoms. The normalized spacial score (nSPS) is 13.8. The minimum atomic E-state index is -3.68. The molecule has 3 rings (SSSR count). The van der Waals surface area contributed by atoms with E-state index < -0.39 is 10.0 Å². The molecule has 1 heterocycles. The molecular weight excluding hydrogens is 326 g/mol. The standard InChI is InChI=1S/C18H21NO4S/c1-13(2)10-14-4-3-5-15(11-14)19-24(20,21)16-6-7-17-18(12-16)23-9-8-22-17/h3-7,11-13,19H,8-10H2,1-2H3. The molecule has 0 radical (unpaired) electrons. The summed E-state index contributed by atoms with van der Waals surface area (Å²) in [4.78, 5) is 0.154. The van der Waals surface area contributed by atoms with Gasteiger partial charge in [-0.1, -0.05) is 26.0 Å². The average Bonchev–Trinajstić information content (AvgIpc) is 2.53. The Balaban J connectivity index is 1.83. The van der Waals surface area contributed by atoms with Gasteiger partial charge in [0.1, 0.15) is 13.2 Å². The third kappa shape index (κ3) is 3.82. The van der Waals surface area contributed by atoms with E-state index in [1.165, 1.54) is 12.1 Å². The molecule has 0 saturated heterocycles. The summed E-state index contributed by atoms with van der Waals surface area (Å²) in [6.07, 6.45) is 0.902. The summed E-state index contributed by atoms with van der Waals surface area (Å²) < 4.78 is 38.7. The summed E-state index contributed by atoms with van der Waals surface area (Å²) >= 11 is 0. The van der Waals surface area contributed by atoms with Crippen molar-refractivity contribution in [3.05, 3.63) is 48.0 Å². The van der Waals surface area contributed by atoms with Crippen molar-refractivity contribution >= 4 is 15.7 Å². The van der Waals surface area contributed by atoms with E-state index in [0.29, 0.717) is 36.3 Å². The predicted octanol–water partition coefficient (Wildman–Crippen LogP) is 3.46. The van der Waals surface area contributed by atoms with E-state index in [0.717, 1.165) is 12.0 Å². The van der Waals surface area contributed by atoms with Crippen LogP contribution in [0.1, 0.15) is 19.4 Å². The number of rotatable bonds is 5. The van der Waals surface area contributed by atoms with Crippen molar-refractivity contribution in [2.75, 3.05) is 17.9 Å². The van der Waals surface area contributed by atoms with E-state index in [4.69, 9.17) is 9.47 Å². The highest BCUT2D eigenvalue weighted by Gasteiger charge is 2.19. The van der Waals surface area contributed by atoms with Crippen LogP contribution in [0.2, 0.25) is 0 Å². The Kier molecular flexibility index (Phi) is 4.66. The van der Waals surface area contributed by atoms with E-state index in [2.05, 4.69) is 18.6 Å². The second kappa shape index (κ2) is 6.73. The zero-order chi connectivity index (χ0) is 17.2. The molecule has 6 heteroatoms. The lowest BCUT2D eigenvalue weighted by Gasteiger charge is -2.19. The van der Waals surface area contributed by atoms with Crippen molar-refractivity contribution in [1.29, 1.82) is 0 Å². The Labute approximate surface area is 142 Å². The van der Waals surface area contributed by atoms with Gasteiger partial charge in [0.05, 0.1) is 4.90 Å². The maximum Gasteiger partial charge on any atom is 0.262 e. The molecular formula is C18H21NO4S. The van der Waals surface area contributed by atoms with Gasteiger partial charge >= 0.3 is 0 Å². The number of hydrogen-bond acceptors (Lipinski definition) is 4. The fourth-order valence-corrected chi connectivity index (χ4v) is 3.70. The van der Waals surface area contributed by atoms with Gasteiger partial charge in [-0.2, -0.15) is 0 Å². The fourth-order valence-electron chi connectivity index (χ4n) is 2.64. The van der Waals surface area contributed by atoms with Crippen molar-refractivity contribution in [3.63, 3.8) is 0 Å². The van der Waals surface area contributed by atoms with E-state index >= 15 is 0 Å². The summed E-state index contributed by atoms with van der Waals surface area (Å²) in [6.45, 7) is 5.15. The van der Waals surface area contributed by atoms with E-state index in [1.54, 1.807) is 12.1 Å². The SMILES string of the molecule is CC(C)Cc1cccc(NS(=O)(=O)c2ccc3c(c2)OCCO3)c1. The molecule has 2 aromatic rings. The van der Waals surface area contributed by atoms with Gasteiger partial charge in [-0.05, 0) is 42.2 Å². The summed E-state index contributed by atoms with van der Waals surface area (Å²) in [5.41, 5.74) is 1.66. The number of fused-ring (bicyclic) bond motifs is 1. The number of sulfonamides is 1. The molecule has 128 valence electrons. The van der Waals surface area contributed by atoms with Crippen molar-refractivity contribution in [2.24, 2.45) is 5.92 Å². The lowest BCUT2D eigenvalue weighted by Crippen LogP contribution is -2.17. The highest BCUT2D eigenvalue weighted by atomic mass is 32.2. The van der Waals surface area contributed by atoms with Crippen LogP contribution in [-0.4, -0.2) is 21.6 Å². The smallest absolute Gasteiger partial charge is 0.262 e. The molecule has 0 unspecified atom stereocenters. The monoisotopic (exact) mass is 347 g/mol. The Bertz CT molecular complexity index is 831. The summed E-state index contributed by atoms with van der Waals surface area (Å²) in [5.74, 6) is 1.53. The average molecular weight is 347 g/mol. The summed E-state index contributed by atoms with van der Waals surface area (Å²) in [7, 11) is -3.68. The third-order valence-electron chi connectivity index (χ3n) is 3.65. The van der Waals surface area contributed by atoms with Gasteiger partial charge < -0.3 is 9.47 Å². The lowest BCUT2D eigenvalue weighted by atomic mass is 10.0. The summed E-state index contributed by atoms with van der Waals surface area (Å²) in [5, 5.41) is 0. The quantitative estimate of drug-likeness (QED) is 0.900. The minimum absolute atomic E-state index is 0.154. The first-order chi connectivity index (χ1) is 11.4. The van der Waals surface area contributed by atoms with Crippen molar-refractivity contribution < 1.29 is 17.9 Å². The fraction of sp³-hybridized carbons (Fsp3) is 0.333. The first-order valence-corrected chi connectivity index (χ1v) is 9.44. The molecule has 0 saturated carbocycles. The van der Waals surface area contributed by atoms with Crippen LogP contribution in [0.25, 0.3) is 0 Å². The highest BCUT2D eigenvalue weighted by molar-refractivity contribution is 7.92. The Morgan fingerprint density at radius 3 is 2.54 bits per heavy atom. The Hall–Kier alpha value is -2.21. The van der Waals surface area contributed by atoms with E-state index in [9.17, 15) is 8.42 Å². The third-order valence-corrected chi connectivity index (χ3v) is 5.03. The minimum Gasteiger partial charge on any atom is -0.486 e. The second-order valence-corrected chi connectivity index (χ2v) is 7.89. The number of ether oxygens (including phenoxy) is 2. The van der Waals surface area contributed by atoms with Gasteiger partial charge in [0.2, 0.25) is 0 Å². The lowest BCUT2D eigenvalue weighted by molar-refractivity contribution is 0.171. The molecule has 0 atom stereocenters. The highest BCUT2D eigenvalue weighted by Crippen LogP contribution is 2.32. The van der Waals surface area contributed by atoms with Crippen LogP contribution in [0.4, 0.5) is 5.69 Å². The van der Waals surface area contributed by atoms with Gasteiger partial charge in [-0.15, -0.1) is 0 Å². The Morgan fingerprint density at radius 2 is 1.79 bits per heavy atom. The molecule has 0 spiro atoms. The zero-order valence-corrected chi connectivity index (χ0v) is 14.6. The van der Waals surface area contributed by atoms with Gasteiger partial charge in [-0.25, -0.2) is 8.42 Å². The van der Waals surface area contributed by atoms with Crippen LogP contribution in [0.15, 0.2) is 47.4 Å². The van der Waals surface area contributed by atoms with Gasteiger partial charge in [0.25, 0.3) is 10.0 Å². The van der Waals surface area contributed by atoms with Crippen molar-refractivity contribution in [1.82, 2.24) is 0 Å². The molecule has 0 aromatic heterocycles. The van der Waals surface area contributed by atoms with Gasteiger partial charge in [0.15, 0.2) is 11.5 Å². The first-order valence-electron chi connectivity index (χ1n) is 7.95. The molecule has 0 bridgehead atoms. The maximum absolute atomic E-state index is 12.6. The van der Waals surface area contributed by atoms with Crippen LogP contribution in [0.3, 0.4) is 0 Å². The van der Waals surface area contributed by atoms with Crippen LogP contribution in [0.5, 0.6) is 11.5 Å². The second-order valence-electron chi connectivity index (χ2n) is 6.21. The number of anilines is 1. The maximum atomic E-state index is 12.6. The first kappa shape index (κ1) is 16.6. The van der Waals surface area contributed by atoms with Crippen LogP contribution >= 0.6 is 0 Å². The van der Waals surface area contributed by atoms with Crippen molar-refractivity contribution in [3.8, 4) is 11.5 Å². The van der Waals surface area contributed by atoms with Crippen LogP contribution < -0.4 is 14.2 Å². The molecule has 0 amide bonds. The summed E-state index contributed by atoms with van der Waals surface area (Å²) in [6, 6.07) is 12.1. The molecule has 0 aliphatic carbocycles. The molecule has 0 fully saturated rings. The number of hydrogen-bond donors (Lipinski definition) is 1. The van der Waals surface area contributed by atoms with Gasteiger partial charge in [-0.3, -0.25) is 4.72 Å². The Morgan fingerprint density at radius 1 is 1.04 bits per heavy atom. The predicted molar refractivity (Wildman–Crippen MR) is 93.2 cm³/mol. The van der Waals surface area contributed by atoms with E-state index in [1.807, 2.05) is 18.2 Å². The molecule has 1 aliphatic heterocycles. The molecule has 5 nitrogen and oxygen atoms in total. The van der Waals surface area contributed by atoms with Gasteiger partial charge in [0, 0.05) is 11.8 Å². The largest absolute Gasteiger partial charge is 0.486 e. The topological polar surface area (TPSA) is 64.6 Å². The number of nitrogens with one attached hydrogen (secondary N) is 1. The van der Waals surface area contributed by atoms with Crippen LogP contribution in [-0.2, 0) is 16.4 Å². The number of benzene rings is 2. The van der Waals surface area contributed by atoms with Crippen LogP contribution in [0, 0.1) is 5.92 Å². The van der Waals surface area contributed by atoms with Crippen molar-refractivity contribution in [2.45, 2.75) is 25.2 Å². The molecule has 2 aromatic carbocycles. The molecule has 1 N–H and O–H groups in total. The molecule has 1 aliphatic rings. The zero-order valence-electron chi connectivity index (χ0n) is 13.8. The van der Waals surface area contributed by atoms with E-state index in [-0.39, 0.29) is 4.90 Å².